The van der Waals surface area contributed by atoms with Crippen molar-refractivity contribution in [1.82, 2.24) is 40.3 Å². The number of carbonyl (C=O) groups is 5. The SMILES string of the molecule is CC(C)(C)OC(=O)N1CCN(CCNC(=O)c2ccc(-c3ccc4nccc(C(=O)NCC(=O)N5CCCC5C(=O)c5nc6ccccc6o5)c4c3)cn2)CC1. The van der Waals surface area contributed by atoms with Gasteiger partial charge in [0.1, 0.15) is 22.9 Å². The summed E-state index contributed by atoms with van der Waals surface area (Å²) in [6.45, 7) is 9.21. The molecular formula is C41H44N8O7. The van der Waals surface area contributed by atoms with Gasteiger partial charge in [-0.25, -0.2) is 9.78 Å². The molecule has 15 nitrogen and oxygen atoms in total. The van der Waals surface area contributed by atoms with Gasteiger partial charge in [-0.3, -0.25) is 34.0 Å². The van der Waals surface area contributed by atoms with Crippen molar-refractivity contribution in [2.45, 2.75) is 45.3 Å². The number of Topliss-reactive ketones (excluding diaryl/α,β-unsaturated/α-hetero) is 1. The van der Waals surface area contributed by atoms with E-state index < -0.39 is 17.6 Å². The number of hydrogen-bond acceptors (Lipinski definition) is 11. The molecule has 0 saturated carbocycles. The van der Waals surface area contributed by atoms with Crippen LogP contribution in [0, 0.1) is 0 Å². The predicted octanol–water partition coefficient (Wildman–Crippen LogP) is 4.32. The number of piperazine rings is 1. The summed E-state index contributed by atoms with van der Waals surface area (Å²) >= 11 is 0. The van der Waals surface area contributed by atoms with Gasteiger partial charge in [-0.05, 0) is 75.6 Å². The van der Waals surface area contributed by atoms with Crippen LogP contribution < -0.4 is 10.6 Å². The molecule has 5 heterocycles. The fourth-order valence-corrected chi connectivity index (χ4v) is 6.93. The minimum Gasteiger partial charge on any atom is -0.444 e. The monoisotopic (exact) mass is 760 g/mol. The van der Waals surface area contributed by atoms with Crippen LogP contribution in [-0.4, -0.2) is 123 Å². The Kier molecular flexibility index (Phi) is 11.0. The Morgan fingerprint density at radius 3 is 2.39 bits per heavy atom. The average Bonchev–Trinajstić information content (AvgIpc) is 3.87. The van der Waals surface area contributed by atoms with Crippen molar-refractivity contribution in [2.75, 3.05) is 52.4 Å². The van der Waals surface area contributed by atoms with E-state index in [9.17, 15) is 24.0 Å². The molecule has 3 aromatic heterocycles. The van der Waals surface area contributed by atoms with Crippen LogP contribution in [-0.2, 0) is 9.53 Å². The van der Waals surface area contributed by atoms with Gasteiger partial charge in [-0.2, -0.15) is 0 Å². The Morgan fingerprint density at radius 2 is 1.64 bits per heavy atom. The third-order valence-corrected chi connectivity index (χ3v) is 9.83. The van der Waals surface area contributed by atoms with Crippen LogP contribution in [0.25, 0.3) is 33.1 Å². The first-order valence-corrected chi connectivity index (χ1v) is 18.7. The first kappa shape index (κ1) is 38.1. The number of nitrogens with one attached hydrogen (secondary N) is 2. The van der Waals surface area contributed by atoms with Gasteiger partial charge in [-0.1, -0.05) is 24.3 Å². The van der Waals surface area contributed by atoms with Gasteiger partial charge in [0, 0.05) is 69.2 Å². The topological polar surface area (TPSA) is 180 Å². The lowest BCUT2D eigenvalue weighted by Gasteiger charge is -2.35. The van der Waals surface area contributed by atoms with E-state index in [4.69, 9.17) is 9.15 Å². The molecule has 0 aliphatic carbocycles. The van der Waals surface area contributed by atoms with Crippen LogP contribution in [0.2, 0.25) is 0 Å². The van der Waals surface area contributed by atoms with Gasteiger partial charge in [-0.15, -0.1) is 0 Å². The zero-order valence-electron chi connectivity index (χ0n) is 31.6. The second-order valence-corrected chi connectivity index (χ2v) is 14.9. The predicted molar refractivity (Wildman–Crippen MR) is 207 cm³/mol. The third-order valence-electron chi connectivity index (χ3n) is 9.83. The number of oxazole rings is 1. The van der Waals surface area contributed by atoms with Crippen molar-refractivity contribution < 1.29 is 33.1 Å². The van der Waals surface area contributed by atoms with Crippen molar-refractivity contribution in [3.63, 3.8) is 0 Å². The Hall–Kier alpha value is -6.22. The van der Waals surface area contributed by atoms with E-state index in [-0.39, 0.29) is 41.8 Å². The number of aromatic nitrogens is 3. The van der Waals surface area contributed by atoms with E-state index in [1.165, 1.54) is 11.1 Å². The van der Waals surface area contributed by atoms with Crippen LogP contribution in [0.4, 0.5) is 4.79 Å². The number of carbonyl (C=O) groups excluding carboxylic acids is 5. The van der Waals surface area contributed by atoms with Crippen molar-refractivity contribution in [3.05, 3.63) is 90.2 Å². The highest BCUT2D eigenvalue weighted by Crippen LogP contribution is 2.27. The lowest BCUT2D eigenvalue weighted by atomic mass is 10.0. The summed E-state index contributed by atoms with van der Waals surface area (Å²) in [6, 6.07) is 16.9. The van der Waals surface area contributed by atoms with Gasteiger partial charge in [0.2, 0.25) is 11.7 Å². The van der Waals surface area contributed by atoms with Gasteiger partial charge in [0.15, 0.2) is 5.58 Å². The zero-order chi connectivity index (χ0) is 39.4. The fraction of sp³-hybridized carbons (Fsp3) is 0.366. The number of hydrogen-bond donors (Lipinski definition) is 2. The summed E-state index contributed by atoms with van der Waals surface area (Å²) in [5.41, 5.74) is 3.22. The molecular weight excluding hydrogens is 716 g/mol. The number of ether oxygens (including phenoxy) is 1. The second kappa shape index (κ2) is 16.3. The third kappa shape index (κ3) is 8.68. The highest BCUT2D eigenvalue weighted by Gasteiger charge is 2.37. The maximum absolute atomic E-state index is 13.5. The standard InChI is InChI=1S/C41H44N8O7/c1-41(2,3)56-40(54)48-21-19-47(20-22-48)18-16-43-38(53)32-13-11-27(24-44-32)26-10-12-30-29(23-26)28(14-15-42-30)37(52)45-25-35(50)49-17-6-8-33(49)36(51)39-46-31-7-4-5-9-34(31)55-39/h4-5,7,9-15,23-24,33H,6,8,16-22,25H2,1-3H3,(H,43,53)(H,45,52). The first-order valence-electron chi connectivity index (χ1n) is 18.7. The molecule has 2 aliphatic rings. The summed E-state index contributed by atoms with van der Waals surface area (Å²) in [7, 11) is 0. The summed E-state index contributed by atoms with van der Waals surface area (Å²) < 4.78 is 11.1. The Balaban J connectivity index is 0.927. The maximum Gasteiger partial charge on any atom is 0.410 e. The number of pyridine rings is 2. The first-order chi connectivity index (χ1) is 26.9. The van der Waals surface area contributed by atoms with Gasteiger partial charge in [0.05, 0.1) is 17.6 Å². The molecule has 1 atom stereocenters. The van der Waals surface area contributed by atoms with Crippen molar-refractivity contribution in [3.8, 4) is 11.1 Å². The molecule has 56 heavy (non-hydrogen) atoms. The molecule has 15 heteroatoms. The number of fused-ring (bicyclic) bond motifs is 2. The lowest BCUT2D eigenvalue weighted by Crippen LogP contribution is -2.51. The summed E-state index contributed by atoms with van der Waals surface area (Å²) in [4.78, 5) is 83.8. The van der Waals surface area contributed by atoms with E-state index in [2.05, 4.69) is 30.5 Å². The number of benzene rings is 2. The molecule has 2 fully saturated rings. The molecule has 7 rings (SSSR count). The minimum absolute atomic E-state index is 0.0350. The Bertz CT molecular complexity index is 2240. The minimum atomic E-state index is -0.720. The number of amides is 4. The van der Waals surface area contributed by atoms with Crippen LogP contribution in [0.3, 0.4) is 0 Å². The highest BCUT2D eigenvalue weighted by molar-refractivity contribution is 6.08. The van der Waals surface area contributed by atoms with Crippen molar-refractivity contribution in [1.29, 1.82) is 0 Å². The highest BCUT2D eigenvalue weighted by atomic mass is 16.6. The molecule has 2 N–H and O–H groups in total. The number of likely N-dealkylation sites (tertiary alicyclic amines) is 1. The molecule has 0 bridgehead atoms. The lowest BCUT2D eigenvalue weighted by molar-refractivity contribution is -0.130. The largest absolute Gasteiger partial charge is 0.444 e. The van der Waals surface area contributed by atoms with Crippen LogP contribution in [0.5, 0.6) is 0 Å². The van der Waals surface area contributed by atoms with E-state index in [0.29, 0.717) is 86.2 Å². The van der Waals surface area contributed by atoms with Crippen molar-refractivity contribution >= 4 is 51.6 Å². The molecule has 2 aliphatic heterocycles. The van der Waals surface area contributed by atoms with Crippen LogP contribution in [0.15, 0.2) is 77.5 Å². The fourth-order valence-electron chi connectivity index (χ4n) is 6.93. The number of rotatable bonds is 10. The van der Waals surface area contributed by atoms with Gasteiger partial charge < -0.3 is 29.6 Å². The molecule has 5 aromatic rings. The van der Waals surface area contributed by atoms with Crippen LogP contribution in [0.1, 0.15) is 65.1 Å². The van der Waals surface area contributed by atoms with E-state index in [1.807, 2.05) is 39.0 Å². The average molecular weight is 761 g/mol. The summed E-state index contributed by atoms with van der Waals surface area (Å²) in [5, 5.41) is 6.23. The molecule has 0 spiro atoms. The summed E-state index contributed by atoms with van der Waals surface area (Å²) in [5.74, 6) is -1.53. The Morgan fingerprint density at radius 1 is 0.857 bits per heavy atom. The van der Waals surface area contributed by atoms with E-state index >= 15 is 0 Å². The molecule has 0 radical (unpaired) electrons. The normalized spacial score (nSPS) is 16.2. The molecule has 290 valence electrons. The summed E-state index contributed by atoms with van der Waals surface area (Å²) in [6.07, 6.45) is 3.96. The molecule has 2 aromatic carbocycles. The van der Waals surface area contributed by atoms with Crippen molar-refractivity contribution in [2.24, 2.45) is 0 Å². The number of nitrogens with zero attached hydrogens (tertiary/aromatic N) is 6. The van der Waals surface area contributed by atoms with Gasteiger partial charge >= 0.3 is 6.09 Å². The maximum atomic E-state index is 13.5. The van der Waals surface area contributed by atoms with E-state index in [1.54, 1.807) is 53.6 Å². The zero-order valence-corrected chi connectivity index (χ0v) is 31.6. The van der Waals surface area contributed by atoms with Crippen LogP contribution >= 0.6 is 0 Å². The molecule has 4 amide bonds. The number of para-hydroxylation sites is 2. The molecule has 1 unspecified atom stereocenters. The smallest absolute Gasteiger partial charge is 0.410 e. The second-order valence-electron chi connectivity index (χ2n) is 14.9. The molecule has 2 saturated heterocycles. The Labute approximate surface area is 323 Å². The number of ketones is 1. The quantitative estimate of drug-likeness (QED) is 0.194. The van der Waals surface area contributed by atoms with Gasteiger partial charge in [0.25, 0.3) is 17.7 Å². The van der Waals surface area contributed by atoms with E-state index in [0.717, 1.165) is 11.1 Å².